The molecule has 33 heavy (non-hydrogen) atoms. The number of hydrogen-bond acceptors (Lipinski definition) is 6. The Labute approximate surface area is 196 Å². The molecule has 168 valence electrons. The molecular weight excluding hydrogens is 462 g/mol. The van der Waals surface area contributed by atoms with Crippen LogP contribution in [0.3, 0.4) is 0 Å². The number of ether oxygens (including phenoxy) is 1. The van der Waals surface area contributed by atoms with Crippen LogP contribution >= 0.6 is 11.6 Å². The van der Waals surface area contributed by atoms with E-state index in [0.717, 1.165) is 9.80 Å². The van der Waals surface area contributed by atoms with Crippen LogP contribution in [0.5, 0.6) is 5.75 Å². The first-order valence-corrected chi connectivity index (χ1v) is 12.2. The smallest absolute Gasteiger partial charge is 0.279 e. The third-order valence-corrected chi connectivity index (χ3v) is 7.41. The van der Waals surface area contributed by atoms with E-state index in [-0.39, 0.29) is 16.5 Å². The SMILES string of the molecule is CCOc1cccc2cc(C3CC(c4ccco4)=NN3S(=O)(=O)c3ccccc3)c(Cl)nc12. The van der Waals surface area contributed by atoms with E-state index in [1.807, 2.05) is 31.2 Å². The van der Waals surface area contributed by atoms with Crippen LogP contribution in [0.25, 0.3) is 10.9 Å². The van der Waals surface area contributed by atoms with Crippen molar-refractivity contribution in [1.82, 2.24) is 9.40 Å². The van der Waals surface area contributed by atoms with Gasteiger partial charge in [-0.25, -0.2) is 4.98 Å². The Hall–Kier alpha value is -3.36. The maximum atomic E-state index is 13.6. The van der Waals surface area contributed by atoms with Crippen LogP contribution in [0.4, 0.5) is 0 Å². The normalized spacial score (nSPS) is 16.2. The monoisotopic (exact) mass is 481 g/mol. The summed E-state index contributed by atoms with van der Waals surface area (Å²) in [6.07, 6.45) is 1.82. The van der Waals surface area contributed by atoms with Crippen LogP contribution in [0.2, 0.25) is 5.15 Å². The lowest BCUT2D eigenvalue weighted by Gasteiger charge is -2.24. The highest BCUT2D eigenvalue weighted by Crippen LogP contribution is 2.41. The predicted octanol–water partition coefficient (Wildman–Crippen LogP) is 5.42. The summed E-state index contributed by atoms with van der Waals surface area (Å²) in [5, 5.41) is 5.45. The lowest BCUT2D eigenvalue weighted by Crippen LogP contribution is -2.27. The number of benzene rings is 2. The van der Waals surface area contributed by atoms with Crippen molar-refractivity contribution in [1.29, 1.82) is 0 Å². The first kappa shape index (κ1) is 21.5. The summed E-state index contributed by atoms with van der Waals surface area (Å²) < 4.78 is 39.4. The standard InChI is InChI=1S/C24H20ClN3O4S/c1-2-31-22-11-6-8-16-14-18(24(25)26-23(16)22)20-15-19(21-12-7-13-32-21)27-28(20)33(29,30)17-9-4-3-5-10-17/h3-14,20H,2,15H2,1H3. The van der Waals surface area contributed by atoms with Crippen molar-refractivity contribution >= 4 is 38.2 Å². The van der Waals surface area contributed by atoms with Gasteiger partial charge in [0, 0.05) is 17.4 Å². The zero-order valence-corrected chi connectivity index (χ0v) is 19.3. The molecule has 7 nitrogen and oxygen atoms in total. The number of sulfonamides is 1. The van der Waals surface area contributed by atoms with Gasteiger partial charge in [0.05, 0.1) is 23.8 Å². The van der Waals surface area contributed by atoms with Gasteiger partial charge in [0.1, 0.15) is 27.9 Å². The molecule has 0 fully saturated rings. The fourth-order valence-corrected chi connectivity index (χ4v) is 5.62. The lowest BCUT2D eigenvalue weighted by molar-refractivity contribution is 0.343. The highest BCUT2D eigenvalue weighted by atomic mass is 35.5. The summed E-state index contributed by atoms with van der Waals surface area (Å²) >= 11 is 6.63. The topological polar surface area (TPSA) is 85.0 Å². The van der Waals surface area contributed by atoms with E-state index in [4.69, 9.17) is 20.8 Å². The molecule has 1 unspecified atom stereocenters. The van der Waals surface area contributed by atoms with Gasteiger partial charge in [-0.1, -0.05) is 41.9 Å². The van der Waals surface area contributed by atoms with Crippen molar-refractivity contribution in [2.75, 3.05) is 6.61 Å². The molecule has 5 rings (SSSR count). The van der Waals surface area contributed by atoms with Crippen LogP contribution < -0.4 is 4.74 Å². The zero-order chi connectivity index (χ0) is 23.0. The molecule has 1 aliphatic heterocycles. The van der Waals surface area contributed by atoms with Gasteiger partial charge < -0.3 is 9.15 Å². The van der Waals surface area contributed by atoms with Gasteiger partial charge in [0.15, 0.2) is 0 Å². The van der Waals surface area contributed by atoms with Crippen molar-refractivity contribution in [2.24, 2.45) is 5.10 Å². The predicted molar refractivity (Wildman–Crippen MR) is 126 cm³/mol. The van der Waals surface area contributed by atoms with E-state index in [0.29, 0.717) is 34.9 Å². The maximum absolute atomic E-state index is 13.6. The second-order valence-corrected chi connectivity index (χ2v) is 9.62. The number of rotatable bonds is 6. The zero-order valence-electron chi connectivity index (χ0n) is 17.7. The number of furan rings is 1. The van der Waals surface area contributed by atoms with Crippen LogP contribution in [0.15, 0.2) is 87.4 Å². The Kier molecular flexibility index (Phi) is 5.55. The van der Waals surface area contributed by atoms with Crippen LogP contribution in [0, 0.1) is 0 Å². The molecule has 0 radical (unpaired) electrons. The van der Waals surface area contributed by atoms with Crippen molar-refractivity contribution in [3.8, 4) is 5.75 Å². The molecule has 0 bridgehead atoms. The molecule has 2 aromatic carbocycles. The van der Waals surface area contributed by atoms with Gasteiger partial charge in [-0.2, -0.15) is 17.9 Å². The fraction of sp³-hybridized carbons (Fsp3) is 0.167. The largest absolute Gasteiger partial charge is 0.492 e. The van der Waals surface area contributed by atoms with Gasteiger partial charge >= 0.3 is 0 Å². The number of hydrazone groups is 1. The molecule has 0 saturated heterocycles. The van der Waals surface area contributed by atoms with E-state index in [1.54, 1.807) is 42.5 Å². The van der Waals surface area contributed by atoms with E-state index < -0.39 is 16.1 Å². The molecule has 0 saturated carbocycles. The summed E-state index contributed by atoms with van der Waals surface area (Å²) in [6, 6.07) is 18.4. The van der Waals surface area contributed by atoms with Crippen LogP contribution in [-0.4, -0.2) is 30.1 Å². The molecule has 9 heteroatoms. The molecule has 2 aromatic heterocycles. The van der Waals surface area contributed by atoms with Gasteiger partial charge in [-0.05, 0) is 43.3 Å². The molecule has 0 N–H and O–H groups in total. The first-order valence-electron chi connectivity index (χ1n) is 10.4. The maximum Gasteiger partial charge on any atom is 0.279 e. The van der Waals surface area contributed by atoms with E-state index in [9.17, 15) is 8.42 Å². The third kappa shape index (κ3) is 3.85. The molecular formula is C24H20ClN3O4S. The molecule has 0 amide bonds. The second kappa shape index (κ2) is 8.53. The van der Waals surface area contributed by atoms with Crippen molar-refractivity contribution in [3.05, 3.63) is 89.5 Å². The Morgan fingerprint density at radius 2 is 1.94 bits per heavy atom. The number of nitrogens with zero attached hydrogens (tertiary/aromatic N) is 3. The number of halogens is 1. The average molecular weight is 482 g/mol. The van der Waals surface area contributed by atoms with Crippen molar-refractivity contribution in [2.45, 2.75) is 24.3 Å². The van der Waals surface area contributed by atoms with Crippen LogP contribution in [-0.2, 0) is 10.0 Å². The minimum Gasteiger partial charge on any atom is -0.492 e. The van der Waals surface area contributed by atoms with Gasteiger partial charge in [-0.15, -0.1) is 0 Å². The minimum absolute atomic E-state index is 0.142. The Morgan fingerprint density at radius 3 is 2.67 bits per heavy atom. The lowest BCUT2D eigenvalue weighted by atomic mass is 10.0. The number of fused-ring (bicyclic) bond motifs is 1. The molecule has 3 heterocycles. The molecule has 1 atom stereocenters. The Bertz CT molecular complexity index is 1440. The third-order valence-electron chi connectivity index (χ3n) is 5.41. The highest BCUT2D eigenvalue weighted by molar-refractivity contribution is 7.89. The average Bonchev–Trinajstić information content (AvgIpc) is 3.50. The summed E-state index contributed by atoms with van der Waals surface area (Å²) in [6.45, 7) is 2.39. The van der Waals surface area contributed by atoms with E-state index in [1.165, 1.54) is 6.26 Å². The highest BCUT2D eigenvalue weighted by Gasteiger charge is 2.39. The van der Waals surface area contributed by atoms with Gasteiger partial charge in [-0.3, -0.25) is 0 Å². The fourth-order valence-electron chi connectivity index (χ4n) is 3.90. The summed E-state index contributed by atoms with van der Waals surface area (Å²) in [7, 11) is -3.95. The number of aromatic nitrogens is 1. The van der Waals surface area contributed by atoms with Crippen LogP contribution in [0.1, 0.15) is 30.7 Å². The quantitative estimate of drug-likeness (QED) is 0.343. The summed E-state index contributed by atoms with van der Waals surface area (Å²) in [4.78, 5) is 4.70. The van der Waals surface area contributed by atoms with E-state index in [2.05, 4.69) is 10.1 Å². The summed E-state index contributed by atoms with van der Waals surface area (Å²) in [5.74, 6) is 1.13. The first-order chi connectivity index (χ1) is 16.0. The molecule has 0 spiro atoms. The van der Waals surface area contributed by atoms with Gasteiger partial charge in [0.25, 0.3) is 10.0 Å². The molecule has 4 aromatic rings. The summed E-state index contributed by atoms with van der Waals surface area (Å²) in [5.41, 5.74) is 1.70. The van der Waals surface area contributed by atoms with E-state index >= 15 is 0 Å². The number of pyridine rings is 1. The van der Waals surface area contributed by atoms with Crippen molar-refractivity contribution < 1.29 is 17.6 Å². The second-order valence-electron chi connectivity index (χ2n) is 7.46. The van der Waals surface area contributed by atoms with Gasteiger partial charge in [0.2, 0.25) is 0 Å². The Balaban J connectivity index is 1.64. The Morgan fingerprint density at radius 1 is 1.12 bits per heavy atom. The molecule has 1 aliphatic rings. The minimum atomic E-state index is -3.95. The molecule has 0 aliphatic carbocycles. The number of hydrogen-bond donors (Lipinski definition) is 0. The van der Waals surface area contributed by atoms with Crippen molar-refractivity contribution in [3.63, 3.8) is 0 Å². The number of para-hydroxylation sites is 1.